The van der Waals surface area contributed by atoms with Crippen molar-refractivity contribution in [2.45, 2.75) is 71.0 Å². The molecule has 2 heterocycles. The summed E-state index contributed by atoms with van der Waals surface area (Å²) in [5, 5.41) is 19.8. The average molecular weight is 413 g/mol. The maximum atomic E-state index is 9.88. The molecule has 2 aliphatic heterocycles. The molecule has 2 saturated heterocycles. The normalized spacial score (nSPS) is 20.9. The van der Waals surface area contributed by atoms with Gasteiger partial charge in [0.25, 0.3) is 0 Å². The lowest BCUT2D eigenvalue weighted by molar-refractivity contribution is 0.106. The second-order valence-corrected chi connectivity index (χ2v) is 9.46. The third-order valence-electron chi connectivity index (χ3n) is 6.29. The third-order valence-corrected chi connectivity index (χ3v) is 6.29. The third kappa shape index (κ3) is 11.7. The van der Waals surface area contributed by atoms with Gasteiger partial charge in [-0.25, -0.2) is 0 Å². The Bertz CT molecular complexity index is 360. The van der Waals surface area contributed by atoms with Crippen LogP contribution in [0, 0.1) is 0 Å². The molecule has 29 heavy (non-hydrogen) atoms. The molecule has 2 aliphatic rings. The van der Waals surface area contributed by atoms with E-state index in [4.69, 9.17) is 0 Å². The molecule has 2 unspecified atom stereocenters. The highest BCUT2D eigenvalue weighted by Crippen LogP contribution is 2.10. The van der Waals surface area contributed by atoms with Crippen LogP contribution in [0.4, 0.5) is 0 Å². The Labute approximate surface area is 179 Å². The molecule has 6 heteroatoms. The first-order valence-electron chi connectivity index (χ1n) is 12.3. The predicted octanol–water partition coefficient (Wildman–Crippen LogP) is 1.71. The topological polar surface area (TPSA) is 53.4 Å². The molecule has 0 saturated carbocycles. The van der Waals surface area contributed by atoms with Crippen molar-refractivity contribution >= 4 is 0 Å². The van der Waals surface area contributed by atoms with Gasteiger partial charge in [-0.1, -0.05) is 0 Å². The molecular weight excluding hydrogens is 364 g/mol. The van der Waals surface area contributed by atoms with E-state index in [1.54, 1.807) is 0 Å². The highest BCUT2D eigenvalue weighted by atomic mass is 16.3. The molecule has 172 valence electrons. The number of hydrogen-bond acceptors (Lipinski definition) is 6. The molecule has 0 aromatic carbocycles. The van der Waals surface area contributed by atoms with Gasteiger partial charge < -0.3 is 29.8 Å². The molecule has 6 nitrogen and oxygen atoms in total. The zero-order valence-electron chi connectivity index (χ0n) is 19.3. The summed E-state index contributed by atoms with van der Waals surface area (Å²) in [4.78, 5) is 10.0. The van der Waals surface area contributed by atoms with Crippen LogP contribution in [0.5, 0.6) is 0 Å². The SMILES string of the molecule is CC(O)CN(CCCN1CCCC1)CCCN(CCCN1CCCC1)CC(C)O. The van der Waals surface area contributed by atoms with Gasteiger partial charge in [-0.05, 0) is 124 Å². The number of likely N-dealkylation sites (tertiary alicyclic amines) is 2. The van der Waals surface area contributed by atoms with Crippen molar-refractivity contribution < 1.29 is 10.2 Å². The summed E-state index contributed by atoms with van der Waals surface area (Å²) in [7, 11) is 0. The Morgan fingerprint density at radius 1 is 0.621 bits per heavy atom. The lowest BCUT2D eigenvalue weighted by Crippen LogP contribution is -2.38. The van der Waals surface area contributed by atoms with Crippen molar-refractivity contribution in [3.8, 4) is 0 Å². The molecule has 2 fully saturated rings. The van der Waals surface area contributed by atoms with Gasteiger partial charge in [0, 0.05) is 13.1 Å². The molecule has 0 bridgehead atoms. The molecule has 2 rings (SSSR count). The van der Waals surface area contributed by atoms with Gasteiger partial charge in [0.05, 0.1) is 12.2 Å². The molecule has 0 spiro atoms. The zero-order chi connectivity index (χ0) is 20.9. The van der Waals surface area contributed by atoms with Gasteiger partial charge in [0.15, 0.2) is 0 Å². The quantitative estimate of drug-likeness (QED) is 0.403. The van der Waals surface area contributed by atoms with Crippen LogP contribution in [-0.2, 0) is 0 Å². The van der Waals surface area contributed by atoms with Crippen molar-refractivity contribution in [3.63, 3.8) is 0 Å². The van der Waals surface area contributed by atoms with Gasteiger partial charge in [-0.3, -0.25) is 0 Å². The maximum Gasteiger partial charge on any atom is 0.0639 e. The van der Waals surface area contributed by atoms with E-state index in [-0.39, 0.29) is 12.2 Å². The first-order valence-corrected chi connectivity index (χ1v) is 12.3. The van der Waals surface area contributed by atoms with E-state index < -0.39 is 0 Å². The highest BCUT2D eigenvalue weighted by Gasteiger charge is 2.15. The minimum atomic E-state index is -0.268. The van der Waals surface area contributed by atoms with Crippen molar-refractivity contribution in [1.29, 1.82) is 0 Å². The van der Waals surface area contributed by atoms with Crippen LogP contribution in [-0.4, -0.2) is 121 Å². The Morgan fingerprint density at radius 3 is 1.31 bits per heavy atom. The number of nitrogens with zero attached hydrogens (tertiary/aromatic N) is 4. The number of hydrogen-bond donors (Lipinski definition) is 2. The van der Waals surface area contributed by atoms with Crippen molar-refractivity contribution in [2.75, 3.05) is 78.5 Å². The van der Waals surface area contributed by atoms with Crippen molar-refractivity contribution in [1.82, 2.24) is 19.6 Å². The van der Waals surface area contributed by atoms with Crippen LogP contribution in [0.2, 0.25) is 0 Å². The number of rotatable bonds is 16. The van der Waals surface area contributed by atoms with E-state index in [0.29, 0.717) is 0 Å². The van der Waals surface area contributed by atoms with Gasteiger partial charge in [0.1, 0.15) is 0 Å². The molecule has 2 atom stereocenters. The second kappa shape index (κ2) is 14.7. The lowest BCUT2D eigenvalue weighted by atomic mass is 10.2. The van der Waals surface area contributed by atoms with Gasteiger partial charge in [0.2, 0.25) is 0 Å². The molecule has 0 aliphatic carbocycles. The Kier molecular flexibility index (Phi) is 12.7. The van der Waals surface area contributed by atoms with Crippen LogP contribution in [0.25, 0.3) is 0 Å². The summed E-state index contributed by atoms with van der Waals surface area (Å²) in [6.07, 6.45) is 8.38. The lowest BCUT2D eigenvalue weighted by Gasteiger charge is -2.28. The summed E-state index contributed by atoms with van der Waals surface area (Å²) < 4.78 is 0. The predicted molar refractivity (Wildman–Crippen MR) is 121 cm³/mol. The van der Waals surface area contributed by atoms with Crippen LogP contribution < -0.4 is 0 Å². The first-order chi connectivity index (χ1) is 14.0. The summed E-state index contributed by atoms with van der Waals surface area (Å²) in [5.74, 6) is 0. The summed E-state index contributed by atoms with van der Waals surface area (Å²) in [6.45, 7) is 17.0. The van der Waals surface area contributed by atoms with Crippen LogP contribution in [0.15, 0.2) is 0 Å². The summed E-state index contributed by atoms with van der Waals surface area (Å²) >= 11 is 0. The Morgan fingerprint density at radius 2 is 0.966 bits per heavy atom. The molecule has 2 N–H and O–H groups in total. The van der Waals surface area contributed by atoms with Gasteiger partial charge in [-0.2, -0.15) is 0 Å². The molecular formula is C23H48N4O2. The van der Waals surface area contributed by atoms with Gasteiger partial charge in [-0.15, -0.1) is 0 Å². The molecule has 0 aromatic heterocycles. The van der Waals surface area contributed by atoms with Crippen molar-refractivity contribution in [3.05, 3.63) is 0 Å². The fraction of sp³-hybridized carbons (Fsp3) is 1.00. The van der Waals surface area contributed by atoms with E-state index in [1.165, 1.54) is 77.8 Å². The highest BCUT2D eigenvalue weighted by molar-refractivity contribution is 4.71. The zero-order valence-corrected chi connectivity index (χ0v) is 19.3. The first kappa shape index (κ1) is 25.0. The smallest absolute Gasteiger partial charge is 0.0639 e. The maximum absolute atomic E-state index is 9.88. The fourth-order valence-corrected chi connectivity index (χ4v) is 4.90. The number of aliphatic hydroxyl groups is 2. The summed E-state index contributed by atoms with van der Waals surface area (Å²) in [5.41, 5.74) is 0. The van der Waals surface area contributed by atoms with Crippen LogP contribution in [0.3, 0.4) is 0 Å². The molecule has 0 aromatic rings. The number of aliphatic hydroxyl groups excluding tert-OH is 2. The minimum absolute atomic E-state index is 0.268. The van der Waals surface area contributed by atoms with E-state index in [2.05, 4.69) is 19.6 Å². The van der Waals surface area contributed by atoms with E-state index in [9.17, 15) is 10.2 Å². The minimum Gasteiger partial charge on any atom is -0.392 e. The monoisotopic (exact) mass is 412 g/mol. The molecule has 0 radical (unpaired) electrons. The van der Waals surface area contributed by atoms with Gasteiger partial charge >= 0.3 is 0 Å². The average Bonchev–Trinajstić information content (AvgIpc) is 3.34. The standard InChI is InChI=1S/C23H48N4O2/c1-22(28)20-26(16-7-14-24-10-3-4-11-24)18-9-19-27(21-23(2)29)17-8-15-25-12-5-6-13-25/h22-23,28-29H,3-21H2,1-2H3. The second-order valence-electron chi connectivity index (χ2n) is 9.46. The largest absolute Gasteiger partial charge is 0.392 e. The Hall–Kier alpha value is -0.240. The van der Waals surface area contributed by atoms with Crippen molar-refractivity contribution in [2.24, 2.45) is 0 Å². The van der Waals surface area contributed by atoms with E-state index in [0.717, 1.165) is 45.7 Å². The van der Waals surface area contributed by atoms with E-state index in [1.807, 2.05) is 13.8 Å². The fourth-order valence-electron chi connectivity index (χ4n) is 4.90. The van der Waals surface area contributed by atoms with Crippen LogP contribution in [0.1, 0.15) is 58.8 Å². The summed E-state index contributed by atoms with van der Waals surface area (Å²) in [6, 6.07) is 0. The Balaban J connectivity index is 1.65. The molecule has 0 amide bonds. The van der Waals surface area contributed by atoms with Crippen LogP contribution >= 0.6 is 0 Å². The van der Waals surface area contributed by atoms with E-state index >= 15 is 0 Å².